The SMILES string of the molecule is COc1cc(C(C)=O)ccc1O[C@H](C)C(=O)Nc1ccc(S(N)(=O)=O)cc1. The van der Waals surface area contributed by atoms with Gasteiger partial charge in [-0.1, -0.05) is 0 Å². The van der Waals surface area contributed by atoms with Crippen LogP contribution in [0.5, 0.6) is 11.5 Å². The molecule has 3 N–H and O–H groups in total. The normalized spacial score (nSPS) is 12.1. The van der Waals surface area contributed by atoms with Crippen LogP contribution in [-0.4, -0.2) is 33.3 Å². The second kappa shape index (κ2) is 8.19. The highest BCUT2D eigenvalue weighted by Gasteiger charge is 2.18. The predicted molar refractivity (Wildman–Crippen MR) is 99.5 cm³/mol. The van der Waals surface area contributed by atoms with E-state index in [0.29, 0.717) is 22.7 Å². The number of nitrogens with one attached hydrogen (secondary N) is 1. The molecule has 0 heterocycles. The van der Waals surface area contributed by atoms with Gasteiger partial charge in [0.05, 0.1) is 12.0 Å². The van der Waals surface area contributed by atoms with Gasteiger partial charge in [-0.3, -0.25) is 9.59 Å². The van der Waals surface area contributed by atoms with Crippen LogP contribution in [0, 0.1) is 0 Å². The molecule has 8 nitrogen and oxygen atoms in total. The number of amides is 1. The Morgan fingerprint density at radius 3 is 2.22 bits per heavy atom. The van der Waals surface area contributed by atoms with Crippen molar-refractivity contribution in [1.82, 2.24) is 0 Å². The Morgan fingerprint density at radius 1 is 1.07 bits per heavy atom. The third-order valence-electron chi connectivity index (χ3n) is 3.69. The zero-order valence-corrected chi connectivity index (χ0v) is 15.9. The van der Waals surface area contributed by atoms with Gasteiger partial charge in [0.25, 0.3) is 5.91 Å². The predicted octanol–water partition coefficient (Wildman–Crippen LogP) is 1.95. The number of carbonyl (C=O) groups is 2. The van der Waals surface area contributed by atoms with Crippen molar-refractivity contribution < 1.29 is 27.5 Å². The van der Waals surface area contributed by atoms with Gasteiger partial charge in [0, 0.05) is 11.3 Å². The van der Waals surface area contributed by atoms with Crippen LogP contribution in [0.1, 0.15) is 24.2 Å². The summed E-state index contributed by atoms with van der Waals surface area (Å²) in [4.78, 5) is 23.7. The lowest BCUT2D eigenvalue weighted by Crippen LogP contribution is -2.30. The summed E-state index contributed by atoms with van der Waals surface area (Å²) >= 11 is 0. The van der Waals surface area contributed by atoms with Crippen LogP contribution in [-0.2, 0) is 14.8 Å². The second-order valence-electron chi connectivity index (χ2n) is 5.74. The van der Waals surface area contributed by atoms with E-state index in [1.165, 1.54) is 44.4 Å². The number of nitrogens with two attached hydrogens (primary N) is 1. The second-order valence-corrected chi connectivity index (χ2v) is 7.30. The summed E-state index contributed by atoms with van der Waals surface area (Å²) in [6, 6.07) is 10.1. The van der Waals surface area contributed by atoms with Crippen molar-refractivity contribution >= 4 is 27.4 Å². The van der Waals surface area contributed by atoms with Crippen molar-refractivity contribution in [2.75, 3.05) is 12.4 Å². The number of carbonyl (C=O) groups excluding carboxylic acids is 2. The van der Waals surface area contributed by atoms with E-state index in [4.69, 9.17) is 14.6 Å². The maximum atomic E-state index is 12.3. The molecule has 2 rings (SSSR count). The summed E-state index contributed by atoms with van der Waals surface area (Å²) in [5, 5.41) is 7.64. The highest BCUT2D eigenvalue weighted by Crippen LogP contribution is 2.29. The fourth-order valence-electron chi connectivity index (χ4n) is 2.20. The van der Waals surface area contributed by atoms with E-state index in [-0.39, 0.29) is 10.7 Å². The standard InChI is InChI=1S/C18H20N2O6S/c1-11(21)13-4-9-16(17(10-13)25-3)26-12(2)18(22)20-14-5-7-15(8-6-14)27(19,23)24/h4-10,12H,1-3H3,(H,20,22)(H2,19,23,24)/t12-/m1/s1. The molecular formula is C18H20N2O6S. The molecule has 0 radical (unpaired) electrons. The fraction of sp³-hybridized carbons (Fsp3) is 0.222. The van der Waals surface area contributed by atoms with E-state index in [2.05, 4.69) is 5.32 Å². The first-order valence-electron chi connectivity index (χ1n) is 7.91. The highest BCUT2D eigenvalue weighted by atomic mass is 32.2. The van der Waals surface area contributed by atoms with E-state index >= 15 is 0 Å². The van der Waals surface area contributed by atoms with Gasteiger partial charge in [-0.15, -0.1) is 0 Å². The van der Waals surface area contributed by atoms with Gasteiger partial charge >= 0.3 is 0 Å². The topological polar surface area (TPSA) is 125 Å². The minimum absolute atomic E-state index is 0.0555. The number of ketones is 1. The lowest BCUT2D eigenvalue weighted by Gasteiger charge is -2.17. The first kappa shape index (κ1) is 20.4. The molecular weight excluding hydrogens is 372 g/mol. The molecule has 144 valence electrons. The Balaban J connectivity index is 2.08. The minimum Gasteiger partial charge on any atom is -0.493 e. The van der Waals surface area contributed by atoms with E-state index in [1.54, 1.807) is 19.1 Å². The third kappa shape index (κ3) is 5.28. The largest absolute Gasteiger partial charge is 0.493 e. The van der Waals surface area contributed by atoms with Crippen molar-refractivity contribution in [3.05, 3.63) is 48.0 Å². The van der Waals surface area contributed by atoms with Crippen LogP contribution < -0.4 is 19.9 Å². The molecule has 0 aliphatic carbocycles. The van der Waals surface area contributed by atoms with Crippen molar-refractivity contribution in [2.45, 2.75) is 24.8 Å². The molecule has 1 atom stereocenters. The molecule has 1 amide bonds. The lowest BCUT2D eigenvalue weighted by molar-refractivity contribution is -0.122. The summed E-state index contributed by atoms with van der Waals surface area (Å²) in [6.45, 7) is 2.99. The lowest BCUT2D eigenvalue weighted by atomic mass is 10.1. The van der Waals surface area contributed by atoms with Crippen LogP contribution in [0.25, 0.3) is 0 Å². The van der Waals surface area contributed by atoms with E-state index in [1.807, 2.05) is 0 Å². The van der Waals surface area contributed by atoms with Crippen molar-refractivity contribution in [3.63, 3.8) is 0 Å². The number of sulfonamides is 1. The molecule has 0 unspecified atom stereocenters. The number of hydrogen-bond donors (Lipinski definition) is 2. The quantitative estimate of drug-likeness (QED) is 0.694. The molecule has 0 fully saturated rings. The average molecular weight is 392 g/mol. The molecule has 0 aromatic heterocycles. The summed E-state index contributed by atoms with van der Waals surface area (Å²) < 4.78 is 33.3. The van der Waals surface area contributed by atoms with Crippen molar-refractivity contribution in [1.29, 1.82) is 0 Å². The number of rotatable bonds is 7. The van der Waals surface area contributed by atoms with Crippen LogP contribution in [0.2, 0.25) is 0 Å². The summed E-state index contributed by atoms with van der Waals surface area (Å²) in [6.07, 6.45) is -0.875. The van der Waals surface area contributed by atoms with Crippen molar-refractivity contribution in [2.24, 2.45) is 5.14 Å². The Hall–Kier alpha value is -2.91. The first-order valence-corrected chi connectivity index (χ1v) is 9.46. The Morgan fingerprint density at radius 2 is 1.70 bits per heavy atom. The van der Waals surface area contributed by atoms with E-state index < -0.39 is 22.0 Å². The monoisotopic (exact) mass is 392 g/mol. The summed E-state index contributed by atoms with van der Waals surface area (Å²) in [7, 11) is -2.36. The molecule has 0 aliphatic heterocycles. The number of hydrogen-bond acceptors (Lipinski definition) is 6. The first-order chi connectivity index (χ1) is 12.6. The van der Waals surface area contributed by atoms with Gasteiger partial charge in [-0.25, -0.2) is 13.6 Å². The fourth-order valence-corrected chi connectivity index (χ4v) is 2.72. The number of methoxy groups -OCH3 is 1. The minimum atomic E-state index is -3.80. The average Bonchev–Trinajstić information content (AvgIpc) is 2.61. The van der Waals surface area contributed by atoms with Gasteiger partial charge in [0.15, 0.2) is 23.4 Å². The Bertz CT molecular complexity index is 954. The molecule has 9 heteroatoms. The highest BCUT2D eigenvalue weighted by molar-refractivity contribution is 7.89. The van der Waals surface area contributed by atoms with Gasteiger partial charge in [-0.05, 0) is 56.3 Å². The molecule has 2 aromatic rings. The molecule has 0 bridgehead atoms. The van der Waals surface area contributed by atoms with Crippen LogP contribution in [0.4, 0.5) is 5.69 Å². The maximum Gasteiger partial charge on any atom is 0.265 e. The summed E-state index contributed by atoms with van der Waals surface area (Å²) in [5.41, 5.74) is 0.855. The van der Waals surface area contributed by atoms with E-state index in [0.717, 1.165) is 0 Å². The molecule has 2 aromatic carbocycles. The molecule has 0 saturated carbocycles. The number of Topliss-reactive ketones (excluding diaryl/α,β-unsaturated/α-hetero) is 1. The van der Waals surface area contributed by atoms with Gasteiger partial charge in [0.2, 0.25) is 10.0 Å². The summed E-state index contributed by atoms with van der Waals surface area (Å²) in [5.74, 6) is 0.0826. The molecule has 0 saturated heterocycles. The molecule has 0 aliphatic rings. The Kier molecular flexibility index (Phi) is 6.19. The van der Waals surface area contributed by atoms with E-state index in [9.17, 15) is 18.0 Å². The molecule has 0 spiro atoms. The zero-order valence-electron chi connectivity index (χ0n) is 15.1. The van der Waals surface area contributed by atoms with Gasteiger partial charge in [-0.2, -0.15) is 0 Å². The van der Waals surface area contributed by atoms with Crippen LogP contribution in [0.15, 0.2) is 47.4 Å². The third-order valence-corrected chi connectivity index (χ3v) is 4.62. The van der Waals surface area contributed by atoms with Gasteiger partial charge < -0.3 is 14.8 Å². The van der Waals surface area contributed by atoms with Crippen LogP contribution in [0.3, 0.4) is 0 Å². The smallest absolute Gasteiger partial charge is 0.265 e. The Labute approximate surface area is 157 Å². The number of benzene rings is 2. The van der Waals surface area contributed by atoms with Crippen molar-refractivity contribution in [3.8, 4) is 11.5 Å². The number of anilines is 1. The zero-order chi connectivity index (χ0) is 20.2. The number of ether oxygens (including phenoxy) is 2. The molecule has 27 heavy (non-hydrogen) atoms. The van der Waals surface area contributed by atoms with Crippen LogP contribution >= 0.6 is 0 Å². The van der Waals surface area contributed by atoms with Gasteiger partial charge in [0.1, 0.15) is 0 Å². The maximum absolute atomic E-state index is 12.3. The number of primary sulfonamides is 1.